The van der Waals surface area contributed by atoms with Gasteiger partial charge < -0.3 is 0 Å². The highest BCUT2D eigenvalue weighted by Gasteiger charge is 2.31. The van der Waals surface area contributed by atoms with E-state index in [1.54, 1.807) is 0 Å². The molecule has 0 fully saturated rings. The Bertz CT molecular complexity index is 664. The molecule has 0 aliphatic heterocycles. The van der Waals surface area contributed by atoms with Crippen molar-refractivity contribution < 1.29 is 55.1 Å². The first-order valence-electron chi connectivity index (χ1n) is 5.05. The quantitative estimate of drug-likeness (QED) is 0.265. The van der Waals surface area contributed by atoms with E-state index >= 15 is 0 Å². The van der Waals surface area contributed by atoms with Gasteiger partial charge in [-0.2, -0.15) is 33.7 Å². The van der Waals surface area contributed by atoms with Crippen LogP contribution in [-0.2, 0) is 61.9 Å². The Balaban J connectivity index is 5.47. The van der Waals surface area contributed by atoms with Gasteiger partial charge in [-0.25, -0.2) is 16.7 Å². The van der Waals surface area contributed by atoms with Crippen molar-refractivity contribution in [2.24, 2.45) is 0 Å². The molecule has 0 aromatic heterocycles. The Morgan fingerprint density at radius 3 is 0.783 bits per heavy atom. The fourth-order valence-electron chi connectivity index (χ4n) is 0.784. The molecule has 0 aromatic carbocycles. The van der Waals surface area contributed by atoms with E-state index in [-0.39, 0.29) is 0 Å². The van der Waals surface area contributed by atoms with E-state index in [1.807, 2.05) is 0 Å². The van der Waals surface area contributed by atoms with Crippen molar-refractivity contribution in [3.8, 4) is 0 Å². The minimum Gasteiger partial charge on any atom is -0.271 e. The summed E-state index contributed by atoms with van der Waals surface area (Å²) in [6.07, 6.45) is 1.94. The Kier molecular flexibility index (Phi) is 7.52. The van der Waals surface area contributed by atoms with Gasteiger partial charge in [0.25, 0.3) is 40.5 Å². The summed E-state index contributed by atoms with van der Waals surface area (Å²) in [6, 6.07) is 0. The van der Waals surface area contributed by atoms with Gasteiger partial charge in [-0.15, -0.1) is 0 Å². The lowest BCUT2D eigenvalue weighted by atomic mass is 11.2. The van der Waals surface area contributed by atoms with Crippen molar-refractivity contribution in [3.63, 3.8) is 0 Å². The van der Waals surface area contributed by atoms with Crippen LogP contribution >= 0.6 is 0 Å². The first-order chi connectivity index (χ1) is 9.86. The maximum absolute atomic E-state index is 11.0. The molecule has 17 heteroatoms. The van der Waals surface area contributed by atoms with Crippen molar-refractivity contribution in [2.75, 3.05) is 25.0 Å². The SMILES string of the molecule is CS(=O)(=O)OC(OC(OS(C)(=O)=O)OS(C)(=O)=O)OS(C)(=O)=O. The molecule has 0 aromatic rings. The molecular formula is C6H14O13S4. The average Bonchev–Trinajstić information content (AvgIpc) is 2.03. The third-order valence-corrected chi connectivity index (χ3v) is 3.26. The van der Waals surface area contributed by atoms with E-state index in [0.717, 1.165) is 0 Å². The Labute approximate surface area is 133 Å². The zero-order chi connectivity index (χ0) is 18.7. The van der Waals surface area contributed by atoms with E-state index in [0.29, 0.717) is 25.0 Å². The summed E-state index contributed by atoms with van der Waals surface area (Å²) in [4.78, 5) is 0. The minimum atomic E-state index is -4.35. The van der Waals surface area contributed by atoms with Crippen molar-refractivity contribution in [1.82, 2.24) is 0 Å². The summed E-state index contributed by atoms with van der Waals surface area (Å²) >= 11 is 0. The van der Waals surface area contributed by atoms with Crippen LogP contribution in [0.25, 0.3) is 0 Å². The van der Waals surface area contributed by atoms with Gasteiger partial charge in [0.1, 0.15) is 0 Å². The molecule has 0 aliphatic rings. The van der Waals surface area contributed by atoms with Crippen molar-refractivity contribution >= 4 is 40.5 Å². The summed E-state index contributed by atoms with van der Waals surface area (Å²) < 4.78 is 109. The van der Waals surface area contributed by atoms with Crippen LogP contribution in [0.3, 0.4) is 0 Å². The largest absolute Gasteiger partial charge is 0.306 e. The van der Waals surface area contributed by atoms with Crippen molar-refractivity contribution in [3.05, 3.63) is 0 Å². The molecule has 0 saturated carbocycles. The second-order valence-electron chi connectivity index (χ2n) is 3.91. The van der Waals surface area contributed by atoms with Crippen LogP contribution < -0.4 is 0 Å². The van der Waals surface area contributed by atoms with Gasteiger partial charge in [0, 0.05) is 0 Å². The lowest BCUT2D eigenvalue weighted by Gasteiger charge is -2.21. The molecule has 0 aliphatic carbocycles. The van der Waals surface area contributed by atoms with Gasteiger partial charge in [-0.05, 0) is 0 Å². The first kappa shape index (κ1) is 22.6. The molecule has 0 N–H and O–H groups in total. The van der Waals surface area contributed by atoms with E-state index in [4.69, 9.17) is 0 Å². The van der Waals surface area contributed by atoms with Crippen molar-refractivity contribution in [2.45, 2.75) is 13.0 Å². The van der Waals surface area contributed by atoms with E-state index in [2.05, 4.69) is 21.5 Å². The molecule has 0 amide bonds. The number of ether oxygens (including phenoxy) is 1. The highest BCUT2D eigenvalue weighted by molar-refractivity contribution is 7.87. The molecule has 0 heterocycles. The fourth-order valence-corrected chi connectivity index (χ4v) is 2.36. The predicted octanol–water partition coefficient (Wildman–Crippen LogP) is -2.52. The van der Waals surface area contributed by atoms with Crippen molar-refractivity contribution in [1.29, 1.82) is 0 Å². The maximum Gasteiger partial charge on any atom is 0.306 e. The zero-order valence-electron chi connectivity index (χ0n) is 12.1. The Morgan fingerprint density at radius 1 is 0.478 bits per heavy atom. The number of rotatable bonds is 10. The molecule has 140 valence electrons. The minimum absolute atomic E-state index is 0.485. The fraction of sp³-hybridized carbons (Fsp3) is 1.00. The molecular weight excluding hydrogens is 408 g/mol. The smallest absolute Gasteiger partial charge is 0.271 e. The second kappa shape index (κ2) is 7.66. The standard InChI is InChI=1S/C6H14O13S4/c1-20(7,8)16-5(17-21(2,9)10)15-6(18-22(3,11)12)19-23(4,13)14/h5-6H,1-4H3. The van der Waals surface area contributed by atoms with Gasteiger partial charge in [0.05, 0.1) is 25.0 Å². The van der Waals surface area contributed by atoms with Gasteiger partial charge >= 0.3 is 13.0 Å². The Hall–Kier alpha value is -0.400. The summed E-state index contributed by atoms with van der Waals surface area (Å²) in [6.45, 7) is -5.21. The van der Waals surface area contributed by atoms with Crippen LogP contribution in [0.4, 0.5) is 0 Å². The monoisotopic (exact) mass is 422 g/mol. The third-order valence-electron chi connectivity index (χ3n) is 1.24. The Morgan fingerprint density at radius 2 is 0.652 bits per heavy atom. The van der Waals surface area contributed by atoms with E-state index < -0.39 is 53.4 Å². The van der Waals surface area contributed by atoms with Gasteiger partial charge in [-0.1, -0.05) is 0 Å². The molecule has 13 nitrogen and oxygen atoms in total. The van der Waals surface area contributed by atoms with Gasteiger partial charge in [0.15, 0.2) is 0 Å². The number of hydrogen-bond acceptors (Lipinski definition) is 13. The van der Waals surface area contributed by atoms with E-state index in [1.165, 1.54) is 0 Å². The zero-order valence-corrected chi connectivity index (χ0v) is 15.4. The average molecular weight is 422 g/mol. The lowest BCUT2D eigenvalue weighted by Crippen LogP contribution is -2.35. The van der Waals surface area contributed by atoms with Crippen LogP contribution in [0.1, 0.15) is 0 Å². The highest BCUT2D eigenvalue weighted by atomic mass is 32.2. The topological polar surface area (TPSA) is 183 Å². The first-order valence-corrected chi connectivity index (χ1v) is 12.3. The summed E-state index contributed by atoms with van der Waals surface area (Å²) in [5, 5.41) is 0. The van der Waals surface area contributed by atoms with Crippen LogP contribution in [0, 0.1) is 0 Å². The molecule has 23 heavy (non-hydrogen) atoms. The summed E-state index contributed by atoms with van der Waals surface area (Å²) in [5.74, 6) is 0. The van der Waals surface area contributed by atoms with Crippen LogP contribution in [-0.4, -0.2) is 71.6 Å². The second-order valence-corrected chi connectivity index (χ2v) is 10.3. The molecule has 0 spiro atoms. The number of hydrogen-bond donors (Lipinski definition) is 0. The normalized spacial score (nSPS) is 14.5. The lowest BCUT2D eigenvalue weighted by molar-refractivity contribution is -0.310. The van der Waals surface area contributed by atoms with Crippen LogP contribution in [0.15, 0.2) is 0 Å². The summed E-state index contributed by atoms with van der Waals surface area (Å²) in [7, 11) is -17.4. The van der Waals surface area contributed by atoms with Gasteiger partial charge in [0.2, 0.25) is 0 Å². The molecule has 0 saturated heterocycles. The molecule has 0 rings (SSSR count). The molecule has 0 unspecified atom stereocenters. The predicted molar refractivity (Wildman–Crippen MR) is 72.4 cm³/mol. The third kappa shape index (κ3) is 14.9. The molecule has 0 radical (unpaired) electrons. The maximum atomic E-state index is 11.0. The highest BCUT2D eigenvalue weighted by Crippen LogP contribution is 2.13. The van der Waals surface area contributed by atoms with Crippen LogP contribution in [0.5, 0.6) is 0 Å². The molecule has 0 bridgehead atoms. The molecule has 0 atom stereocenters. The van der Waals surface area contributed by atoms with Gasteiger partial charge in [-0.3, -0.25) is 4.74 Å². The van der Waals surface area contributed by atoms with E-state index in [9.17, 15) is 33.7 Å². The summed E-state index contributed by atoms with van der Waals surface area (Å²) in [5.41, 5.74) is 0. The van der Waals surface area contributed by atoms with Crippen LogP contribution in [0.2, 0.25) is 0 Å².